The van der Waals surface area contributed by atoms with E-state index in [2.05, 4.69) is 6.92 Å². The Morgan fingerprint density at radius 1 is 1.08 bits per heavy atom. The molecular formula is C31H35N3O4. The Bertz CT molecular complexity index is 1390. The molecular weight excluding hydrogens is 478 g/mol. The van der Waals surface area contributed by atoms with E-state index in [0.29, 0.717) is 17.3 Å². The fourth-order valence-corrected chi connectivity index (χ4v) is 5.24. The molecule has 4 aromatic rings. The summed E-state index contributed by atoms with van der Waals surface area (Å²) in [6, 6.07) is 17.6. The van der Waals surface area contributed by atoms with Gasteiger partial charge in [-0.05, 0) is 88.8 Å². The highest BCUT2D eigenvalue weighted by atomic mass is 16.5. The van der Waals surface area contributed by atoms with E-state index in [1.165, 1.54) is 0 Å². The molecule has 7 nitrogen and oxygen atoms in total. The van der Waals surface area contributed by atoms with E-state index < -0.39 is 5.97 Å². The highest BCUT2D eigenvalue weighted by molar-refractivity contribution is 6.02. The molecule has 1 aliphatic carbocycles. The average Bonchev–Trinajstić information content (AvgIpc) is 3.54. The van der Waals surface area contributed by atoms with Gasteiger partial charge in [-0.2, -0.15) is 0 Å². The van der Waals surface area contributed by atoms with E-state index >= 15 is 0 Å². The van der Waals surface area contributed by atoms with Crippen molar-refractivity contribution in [1.29, 1.82) is 0 Å². The topological polar surface area (TPSA) is 77.6 Å². The molecule has 0 unspecified atom stereocenters. The van der Waals surface area contributed by atoms with Gasteiger partial charge in [-0.3, -0.25) is 9.69 Å². The first-order valence-electron chi connectivity index (χ1n) is 13.5. The number of carbonyl (C=O) groups is 2. The van der Waals surface area contributed by atoms with Crippen LogP contribution in [0.4, 0.5) is 5.82 Å². The molecule has 7 heteroatoms. The smallest absolute Gasteiger partial charge is 0.343 e. The highest BCUT2D eigenvalue weighted by Gasteiger charge is 2.34. The molecule has 1 amide bonds. The number of ether oxygens (including phenoxy) is 1. The van der Waals surface area contributed by atoms with E-state index in [1.807, 2.05) is 68.4 Å². The summed E-state index contributed by atoms with van der Waals surface area (Å²) in [5, 5.41) is 5.82. The molecule has 0 N–H and O–H groups in total. The Morgan fingerprint density at radius 2 is 1.79 bits per heavy atom. The van der Waals surface area contributed by atoms with Gasteiger partial charge in [0.05, 0.1) is 12.3 Å². The van der Waals surface area contributed by atoms with E-state index in [0.717, 1.165) is 53.7 Å². The minimum absolute atomic E-state index is 0.0305. The van der Waals surface area contributed by atoms with Crippen molar-refractivity contribution in [3.8, 4) is 17.0 Å². The third-order valence-corrected chi connectivity index (χ3v) is 7.38. The van der Waals surface area contributed by atoms with Gasteiger partial charge in [-0.25, -0.2) is 9.48 Å². The van der Waals surface area contributed by atoms with Crippen LogP contribution in [0, 0.1) is 11.8 Å². The molecule has 1 aliphatic rings. The zero-order valence-electron chi connectivity index (χ0n) is 22.5. The molecule has 1 fully saturated rings. The zero-order valence-corrected chi connectivity index (χ0v) is 22.5. The molecule has 0 aliphatic heterocycles. The number of rotatable bonds is 7. The van der Waals surface area contributed by atoms with Crippen molar-refractivity contribution >= 4 is 28.7 Å². The Kier molecular flexibility index (Phi) is 7.36. The van der Waals surface area contributed by atoms with Gasteiger partial charge in [0.25, 0.3) is 0 Å². The summed E-state index contributed by atoms with van der Waals surface area (Å²) in [5.74, 6) is 1.26. The molecule has 0 saturated heterocycles. The molecule has 198 valence electrons. The fraction of sp³-hybridized carbons (Fsp3) is 0.387. The fourth-order valence-electron chi connectivity index (χ4n) is 5.24. The summed E-state index contributed by atoms with van der Waals surface area (Å²) in [7, 11) is 0. The van der Waals surface area contributed by atoms with Crippen LogP contribution in [0.3, 0.4) is 0 Å². The molecule has 0 bridgehead atoms. The molecule has 2 heterocycles. The number of benzene rings is 2. The van der Waals surface area contributed by atoms with Gasteiger partial charge < -0.3 is 9.15 Å². The largest absolute Gasteiger partial charge is 0.462 e. The summed E-state index contributed by atoms with van der Waals surface area (Å²) >= 11 is 0. The number of amides is 1. The first-order chi connectivity index (χ1) is 18.4. The monoisotopic (exact) mass is 513 g/mol. The van der Waals surface area contributed by atoms with Crippen LogP contribution in [0.1, 0.15) is 63.7 Å². The molecule has 1 saturated carbocycles. The highest BCUT2D eigenvalue weighted by Crippen LogP contribution is 2.33. The molecule has 0 atom stereocenters. The van der Waals surface area contributed by atoms with E-state index in [4.69, 9.17) is 14.3 Å². The SMILES string of the molecule is CCOC(=O)c1cn(-c2ccc(-c3cc4ccccc4o3)cc2)nc1N(C(=O)[C@H]1CC[C@H](C)CC1)C(C)C. The van der Waals surface area contributed by atoms with Crippen LogP contribution in [-0.4, -0.2) is 34.3 Å². The Hall–Kier alpha value is -3.87. The predicted octanol–water partition coefficient (Wildman–Crippen LogP) is 7.03. The third-order valence-electron chi connectivity index (χ3n) is 7.38. The molecule has 2 aromatic heterocycles. The quantitative estimate of drug-likeness (QED) is 0.248. The average molecular weight is 514 g/mol. The van der Waals surface area contributed by atoms with Crippen molar-refractivity contribution in [2.24, 2.45) is 11.8 Å². The maximum Gasteiger partial charge on any atom is 0.343 e. The lowest BCUT2D eigenvalue weighted by atomic mass is 9.82. The molecule has 38 heavy (non-hydrogen) atoms. The lowest BCUT2D eigenvalue weighted by molar-refractivity contribution is -0.124. The van der Waals surface area contributed by atoms with Crippen molar-refractivity contribution in [3.63, 3.8) is 0 Å². The molecule has 0 spiro atoms. The second kappa shape index (κ2) is 10.9. The standard InChI is InChI=1S/C31H35N3O4/c1-5-37-31(36)26-19-33(32-29(26)34(20(2)3)30(35)23-12-10-21(4)11-13-23)25-16-14-22(15-17-25)28-18-24-8-6-7-9-27(24)38-28/h6-9,14-21,23H,5,10-13H2,1-4H3/t21-,23-. The lowest BCUT2D eigenvalue weighted by Crippen LogP contribution is -2.43. The maximum atomic E-state index is 13.7. The van der Waals surface area contributed by atoms with E-state index in [-0.39, 0.29) is 24.5 Å². The first kappa shape index (κ1) is 25.8. The summed E-state index contributed by atoms with van der Waals surface area (Å²) in [4.78, 5) is 28.4. The van der Waals surface area contributed by atoms with Crippen LogP contribution in [-0.2, 0) is 9.53 Å². The van der Waals surface area contributed by atoms with E-state index in [9.17, 15) is 9.59 Å². The number of aromatic nitrogens is 2. The van der Waals surface area contributed by atoms with Gasteiger partial charge >= 0.3 is 5.97 Å². The Balaban J connectivity index is 1.48. The number of furan rings is 1. The predicted molar refractivity (Wildman–Crippen MR) is 148 cm³/mol. The number of nitrogens with zero attached hydrogens (tertiary/aromatic N) is 3. The number of fused-ring (bicyclic) bond motifs is 1. The summed E-state index contributed by atoms with van der Waals surface area (Å²) < 4.78 is 13.0. The van der Waals surface area contributed by atoms with Gasteiger partial charge in [0.1, 0.15) is 16.9 Å². The normalized spacial score (nSPS) is 17.6. The van der Waals surface area contributed by atoms with Crippen molar-refractivity contribution in [1.82, 2.24) is 9.78 Å². The maximum absolute atomic E-state index is 13.7. The number of carbonyl (C=O) groups excluding carboxylic acids is 2. The van der Waals surface area contributed by atoms with Gasteiger partial charge in [-0.15, -0.1) is 5.10 Å². The number of hydrogen-bond donors (Lipinski definition) is 0. The molecule has 0 radical (unpaired) electrons. The zero-order chi connectivity index (χ0) is 26.8. The van der Waals surface area contributed by atoms with Gasteiger partial charge in [0.15, 0.2) is 5.82 Å². The second-order valence-electron chi connectivity index (χ2n) is 10.5. The van der Waals surface area contributed by atoms with Crippen LogP contribution in [0.5, 0.6) is 0 Å². The number of esters is 1. The Labute approximate surface area is 223 Å². The van der Waals surface area contributed by atoms with Crippen LogP contribution >= 0.6 is 0 Å². The minimum atomic E-state index is -0.483. The van der Waals surface area contributed by atoms with Crippen molar-refractivity contribution < 1.29 is 18.7 Å². The van der Waals surface area contributed by atoms with Crippen molar-refractivity contribution in [2.75, 3.05) is 11.5 Å². The number of para-hydroxylation sites is 1. The van der Waals surface area contributed by atoms with Crippen LogP contribution in [0.2, 0.25) is 0 Å². The Morgan fingerprint density at radius 3 is 2.45 bits per heavy atom. The molecule has 2 aromatic carbocycles. The second-order valence-corrected chi connectivity index (χ2v) is 10.5. The minimum Gasteiger partial charge on any atom is -0.462 e. The van der Waals surface area contributed by atoms with Gasteiger partial charge in [-0.1, -0.05) is 25.1 Å². The van der Waals surface area contributed by atoms with Gasteiger partial charge in [0, 0.05) is 29.1 Å². The summed E-state index contributed by atoms with van der Waals surface area (Å²) in [6.07, 6.45) is 5.47. The van der Waals surface area contributed by atoms with Crippen LogP contribution in [0.25, 0.3) is 28.0 Å². The van der Waals surface area contributed by atoms with E-state index in [1.54, 1.807) is 22.7 Å². The number of hydrogen-bond acceptors (Lipinski definition) is 5. The van der Waals surface area contributed by atoms with Crippen molar-refractivity contribution in [3.05, 3.63) is 66.4 Å². The first-order valence-corrected chi connectivity index (χ1v) is 13.5. The number of anilines is 1. The van der Waals surface area contributed by atoms with Crippen LogP contribution < -0.4 is 4.90 Å². The van der Waals surface area contributed by atoms with Crippen LogP contribution in [0.15, 0.2) is 65.2 Å². The summed E-state index contributed by atoms with van der Waals surface area (Å²) in [5.41, 5.74) is 2.84. The molecule has 5 rings (SSSR count). The van der Waals surface area contributed by atoms with Gasteiger partial charge in [0.2, 0.25) is 5.91 Å². The third kappa shape index (κ3) is 5.10. The summed E-state index contributed by atoms with van der Waals surface area (Å²) in [6.45, 7) is 8.17. The van der Waals surface area contributed by atoms with Crippen molar-refractivity contribution in [2.45, 2.75) is 59.4 Å². The lowest BCUT2D eigenvalue weighted by Gasteiger charge is -2.32.